The number of hydrogen-bond donors (Lipinski definition) is 2. The van der Waals surface area contributed by atoms with Crippen molar-refractivity contribution < 1.29 is 0 Å². The predicted octanol–water partition coefficient (Wildman–Crippen LogP) is 3.74. The number of hydrogen-bond acceptors (Lipinski definition) is 3. The molecule has 0 bridgehead atoms. The van der Waals surface area contributed by atoms with E-state index in [4.69, 9.17) is 5.73 Å². The van der Waals surface area contributed by atoms with Crippen molar-refractivity contribution in [3.63, 3.8) is 0 Å². The van der Waals surface area contributed by atoms with E-state index in [1.165, 1.54) is 4.90 Å². The second-order valence-corrected chi connectivity index (χ2v) is 6.17. The van der Waals surface area contributed by atoms with Crippen molar-refractivity contribution in [3.8, 4) is 0 Å². The predicted molar refractivity (Wildman–Crippen MR) is 75.9 cm³/mol. The van der Waals surface area contributed by atoms with E-state index in [1.54, 1.807) is 11.8 Å². The summed E-state index contributed by atoms with van der Waals surface area (Å²) >= 11 is 5.08. The van der Waals surface area contributed by atoms with Gasteiger partial charge in [0.05, 0.1) is 5.69 Å². The van der Waals surface area contributed by atoms with Crippen LogP contribution in [0.3, 0.4) is 0 Å². The fourth-order valence-electron chi connectivity index (χ4n) is 1.89. The van der Waals surface area contributed by atoms with Gasteiger partial charge in [0.1, 0.15) is 0 Å². The largest absolute Gasteiger partial charge is 0.354 e. The first kappa shape index (κ1) is 11.1. The third-order valence-corrected chi connectivity index (χ3v) is 4.52. The minimum absolute atomic E-state index is 0.565. The summed E-state index contributed by atoms with van der Waals surface area (Å²) in [6.45, 7) is 0. The van der Waals surface area contributed by atoms with Crippen LogP contribution < -0.4 is 11.1 Å². The molecule has 4 heteroatoms. The highest BCUT2D eigenvalue weighted by atomic mass is 79.9. The van der Waals surface area contributed by atoms with Crippen LogP contribution in [-0.4, -0.2) is 0 Å². The first-order chi connectivity index (χ1) is 8.17. The zero-order chi connectivity index (χ0) is 11.9. The fourth-order valence-corrected chi connectivity index (χ4v) is 3.29. The average Bonchev–Trinajstić information content (AvgIpc) is 2.67. The molecular weight excluding hydrogens is 296 g/mol. The number of halogens is 1. The molecule has 0 radical (unpaired) electrons. The molecule has 3 rings (SSSR count). The third-order valence-electron chi connectivity index (χ3n) is 2.75. The smallest absolute Gasteiger partial charge is 0.165 e. The van der Waals surface area contributed by atoms with Gasteiger partial charge in [-0.3, -0.25) is 5.73 Å². The Balaban J connectivity index is 1.98. The van der Waals surface area contributed by atoms with E-state index in [0.717, 1.165) is 15.7 Å². The summed E-state index contributed by atoms with van der Waals surface area (Å²) in [6, 6.07) is 16.3. The van der Waals surface area contributed by atoms with Crippen LogP contribution in [0.5, 0.6) is 0 Å². The Bertz CT molecular complexity index is 529. The second kappa shape index (κ2) is 4.05. The van der Waals surface area contributed by atoms with Gasteiger partial charge in [0.25, 0.3) is 0 Å². The van der Waals surface area contributed by atoms with Gasteiger partial charge in [-0.25, -0.2) is 0 Å². The normalized spacial score (nSPS) is 22.0. The van der Waals surface area contributed by atoms with Gasteiger partial charge in [0.2, 0.25) is 0 Å². The maximum Gasteiger partial charge on any atom is 0.165 e. The molecule has 0 amide bonds. The van der Waals surface area contributed by atoms with Crippen LogP contribution in [0.1, 0.15) is 5.56 Å². The SMILES string of the molecule is NC1(c2ccc(Br)cc2)Nc2ccccc2S1. The number of nitrogens with two attached hydrogens (primary N) is 1. The number of nitrogens with one attached hydrogen (secondary N) is 1. The first-order valence-electron chi connectivity index (χ1n) is 5.28. The van der Waals surface area contributed by atoms with Crippen molar-refractivity contribution in [2.45, 2.75) is 9.89 Å². The monoisotopic (exact) mass is 306 g/mol. The van der Waals surface area contributed by atoms with E-state index < -0.39 is 4.99 Å². The van der Waals surface area contributed by atoms with Crippen molar-refractivity contribution in [2.75, 3.05) is 5.32 Å². The van der Waals surface area contributed by atoms with Crippen LogP contribution >= 0.6 is 27.7 Å². The molecule has 2 aromatic carbocycles. The second-order valence-electron chi connectivity index (χ2n) is 3.97. The molecule has 1 heterocycles. The molecule has 17 heavy (non-hydrogen) atoms. The molecule has 0 saturated carbocycles. The van der Waals surface area contributed by atoms with E-state index in [1.807, 2.05) is 36.4 Å². The van der Waals surface area contributed by atoms with E-state index in [2.05, 4.69) is 33.4 Å². The molecule has 1 unspecified atom stereocenters. The minimum atomic E-state index is -0.565. The van der Waals surface area contributed by atoms with Gasteiger partial charge in [-0.1, -0.05) is 52.0 Å². The van der Waals surface area contributed by atoms with Gasteiger partial charge in [-0.15, -0.1) is 0 Å². The van der Waals surface area contributed by atoms with Crippen molar-refractivity contribution in [1.82, 2.24) is 0 Å². The Hall–Kier alpha value is -0.970. The first-order valence-corrected chi connectivity index (χ1v) is 6.89. The van der Waals surface area contributed by atoms with Crippen molar-refractivity contribution >= 4 is 33.4 Å². The van der Waals surface area contributed by atoms with Gasteiger partial charge in [0.15, 0.2) is 4.99 Å². The Kier molecular flexibility index (Phi) is 2.65. The van der Waals surface area contributed by atoms with Gasteiger partial charge in [-0.05, 0) is 24.3 Å². The Morgan fingerprint density at radius 3 is 2.47 bits per heavy atom. The van der Waals surface area contributed by atoms with Crippen molar-refractivity contribution in [2.24, 2.45) is 5.73 Å². The van der Waals surface area contributed by atoms with Gasteiger partial charge in [-0.2, -0.15) is 0 Å². The summed E-state index contributed by atoms with van der Waals surface area (Å²) in [5.74, 6) is 0. The van der Waals surface area contributed by atoms with Crippen molar-refractivity contribution in [3.05, 3.63) is 58.6 Å². The van der Waals surface area contributed by atoms with Crippen molar-refractivity contribution in [1.29, 1.82) is 0 Å². The zero-order valence-corrected chi connectivity index (χ0v) is 11.4. The molecule has 3 N–H and O–H groups in total. The number of para-hydroxylation sites is 1. The summed E-state index contributed by atoms with van der Waals surface area (Å²) in [5, 5.41) is 3.37. The van der Waals surface area contributed by atoms with Gasteiger partial charge in [0, 0.05) is 14.9 Å². The number of fused-ring (bicyclic) bond motifs is 1. The quantitative estimate of drug-likeness (QED) is 0.843. The lowest BCUT2D eigenvalue weighted by Gasteiger charge is -2.24. The summed E-state index contributed by atoms with van der Waals surface area (Å²) in [7, 11) is 0. The summed E-state index contributed by atoms with van der Waals surface area (Å²) in [6.07, 6.45) is 0. The van der Waals surface area contributed by atoms with Crippen LogP contribution in [0.2, 0.25) is 0 Å². The highest BCUT2D eigenvalue weighted by Gasteiger charge is 2.35. The summed E-state index contributed by atoms with van der Waals surface area (Å²) in [4.78, 5) is 0.627. The van der Waals surface area contributed by atoms with E-state index in [-0.39, 0.29) is 0 Å². The summed E-state index contributed by atoms with van der Waals surface area (Å²) < 4.78 is 1.06. The van der Waals surface area contributed by atoms with Crippen LogP contribution in [0.25, 0.3) is 0 Å². The molecular formula is C13H11BrN2S. The molecule has 0 fully saturated rings. The number of benzene rings is 2. The zero-order valence-electron chi connectivity index (χ0n) is 8.98. The molecule has 0 spiro atoms. The maximum absolute atomic E-state index is 6.42. The van der Waals surface area contributed by atoms with E-state index in [9.17, 15) is 0 Å². The van der Waals surface area contributed by atoms with E-state index in [0.29, 0.717) is 0 Å². The molecule has 1 aliphatic heterocycles. The minimum Gasteiger partial charge on any atom is -0.354 e. The molecule has 0 saturated heterocycles. The third kappa shape index (κ3) is 1.97. The van der Waals surface area contributed by atoms with Crippen LogP contribution in [0.4, 0.5) is 5.69 Å². The fraction of sp³-hybridized carbons (Fsp3) is 0.0769. The summed E-state index contributed by atoms with van der Waals surface area (Å²) in [5.41, 5.74) is 8.59. The lowest BCUT2D eigenvalue weighted by atomic mass is 10.1. The molecule has 0 aromatic heterocycles. The maximum atomic E-state index is 6.42. The molecule has 0 aliphatic carbocycles. The highest BCUT2D eigenvalue weighted by molar-refractivity contribution is 9.10. The number of anilines is 1. The lowest BCUT2D eigenvalue weighted by Crippen LogP contribution is -2.38. The Labute approximate surface area is 113 Å². The molecule has 1 atom stereocenters. The Morgan fingerprint density at radius 1 is 1.06 bits per heavy atom. The Morgan fingerprint density at radius 2 is 1.76 bits per heavy atom. The molecule has 2 nitrogen and oxygen atoms in total. The number of rotatable bonds is 1. The van der Waals surface area contributed by atoms with Gasteiger partial charge < -0.3 is 5.32 Å². The average molecular weight is 307 g/mol. The molecule has 86 valence electrons. The van der Waals surface area contributed by atoms with Gasteiger partial charge >= 0.3 is 0 Å². The highest BCUT2D eigenvalue weighted by Crippen LogP contribution is 2.47. The van der Waals surface area contributed by atoms with Crippen LogP contribution in [0.15, 0.2) is 57.9 Å². The standard InChI is InChI=1S/C13H11BrN2S/c14-10-7-5-9(6-8-10)13(15)16-11-3-1-2-4-12(11)17-13/h1-8,16H,15H2. The lowest BCUT2D eigenvalue weighted by molar-refractivity contribution is 0.769. The van der Waals surface area contributed by atoms with E-state index >= 15 is 0 Å². The van der Waals surface area contributed by atoms with Crippen LogP contribution in [-0.2, 0) is 4.99 Å². The number of thioether (sulfide) groups is 1. The molecule has 1 aliphatic rings. The van der Waals surface area contributed by atoms with Crippen LogP contribution in [0, 0.1) is 0 Å². The topological polar surface area (TPSA) is 38.0 Å². The molecule has 2 aromatic rings.